The van der Waals surface area contributed by atoms with E-state index in [0.29, 0.717) is 12.8 Å². The van der Waals surface area contributed by atoms with E-state index in [4.69, 9.17) is 18.9 Å². The molecule has 12 unspecified atom stereocenters. The van der Waals surface area contributed by atoms with Crippen LogP contribution in [0.4, 0.5) is 0 Å². The number of allylic oxidation sites excluding steroid dienone is 5. The number of unbranched alkanes of at least 4 members (excludes halogenated alkanes) is 13. The lowest BCUT2D eigenvalue weighted by atomic mass is 9.97. The molecule has 12 atom stereocenters. The van der Waals surface area contributed by atoms with Crippen molar-refractivity contribution in [1.29, 1.82) is 0 Å². The Balaban J connectivity index is 1.96. The van der Waals surface area contributed by atoms with Gasteiger partial charge in [0.2, 0.25) is 5.91 Å². The van der Waals surface area contributed by atoms with Crippen molar-refractivity contribution in [2.45, 2.75) is 203 Å². The second-order valence-corrected chi connectivity index (χ2v) is 15.1. The number of nitrogens with one attached hydrogen (secondary N) is 1. The summed E-state index contributed by atoms with van der Waals surface area (Å²) in [5.74, 6) is -0.260. The summed E-state index contributed by atoms with van der Waals surface area (Å²) in [6.07, 6.45) is 13.5. The van der Waals surface area contributed by atoms with Crippen LogP contribution >= 0.6 is 0 Å². The predicted molar refractivity (Wildman–Crippen MR) is 212 cm³/mol. The van der Waals surface area contributed by atoms with Crippen LogP contribution in [0.5, 0.6) is 0 Å². The number of rotatable bonds is 30. The molecular weight excluding hydrogens is 726 g/mol. The fraction of sp³-hybridized carbons (Fsp3) is 0.833. The van der Waals surface area contributed by atoms with E-state index in [1.54, 1.807) is 6.08 Å². The van der Waals surface area contributed by atoms with Crippen LogP contribution in [0.15, 0.2) is 36.5 Å². The normalized spacial score (nSPS) is 29.8. The molecule has 0 bridgehead atoms. The Labute approximate surface area is 334 Å². The SMILES string of the molecule is CCC/C=C/CC/C=C/CC/C=C/C(O)C(COC1OC(CO)C(OC2OC(CO)C(O)C(O)C2O)C(O)C1O)NC(=O)CCCCCCCCCCCCC. The summed E-state index contributed by atoms with van der Waals surface area (Å²) < 4.78 is 22.5. The van der Waals surface area contributed by atoms with Gasteiger partial charge in [0.15, 0.2) is 12.6 Å². The Hall–Kier alpha value is -1.79. The summed E-state index contributed by atoms with van der Waals surface area (Å²) >= 11 is 0. The molecule has 0 aromatic carbocycles. The minimum absolute atomic E-state index is 0.260. The average molecular weight is 802 g/mol. The van der Waals surface area contributed by atoms with Crippen molar-refractivity contribution in [3.8, 4) is 0 Å². The topological polar surface area (TPSA) is 228 Å². The number of amides is 1. The van der Waals surface area contributed by atoms with E-state index >= 15 is 0 Å². The van der Waals surface area contributed by atoms with Crippen LogP contribution in [-0.4, -0.2) is 140 Å². The molecule has 2 saturated heterocycles. The third-order valence-corrected chi connectivity index (χ3v) is 10.3. The first-order valence-corrected chi connectivity index (χ1v) is 21.2. The van der Waals surface area contributed by atoms with Crippen molar-refractivity contribution in [3.63, 3.8) is 0 Å². The number of aliphatic hydroxyl groups is 8. The van der Waals surface area contributed by atoms with Crippen LogP contribution in [0.2, 0.25) is 0 Å². The van der Waals surface area contributed by atoms with Crippen molar-refractivity contribution in [3.05, 3.63) is 36.5 Å². The van der Waals surface area contributed by atoms with E-state index in [2.05, 4.69) is 43.5 Å². The third kappa shape index (κ3) is 18.9. The minimum atomic E-state index is -1.79. The Morgan fingerprint density at radius 3 is 1.71 bits per heavy atom. The molecule has 14 nitrogen and oxygen atoms in total. The number of carbonyl (C=O) groups excluding carboxylic acids is 1. The van der Waals surface area contributed by atoms with Crippen LogP contribution in [0.3, 0.4) is 0 Å². The fourth-order valence-corrected chi connectivity index (χ4v) is 6.74. The first-order chi connectivity index (χ1) is 27.1. The smallest absolute Gasteiger partial charge is 0.220 e. The number of carbonyl (C=O) groups is 1. The van der Waals surface area contributed by atoms with Gasteiger partial charge in [-0.05, 0) is 38.5 Å². The van der Waals surface area contributed by atoms with Gasteiger partial charge in [-0.25, -0.2) is 0 Å². The van der Waals surface area contributed by atoms with Crippen LogP contribution in [0.25, 0.3) is 0 Å². The molecule has 0 saturated carbocycles. The van der Waals surface area contributed by atoms with Crippen LogP contribution in [-0.2, 0) is 23.7 Å². The summed E-state index contributed by atoms with van der Waals surface area (Å²) in [7, 11) is 0. The number of hydrogen-bond acceptors (Lipinski definition) is 13. The van der Waals surface area contributed by atoms with E-state index in [-0.39, 0.29) is 18.9 Å². The van der Waals surface area contributed by atoms with Gasteiger partial charge in [0.1, 0.15) is 48.8 Å². The summed E-state index contributed by atoms with van der Waals surface area (Å²) in [4.78, 5) is 13.0. The van der Waals surface area contributed by atoms with Crippen molar-refractivity contribution in [2.75, 3.05) is 19.8 Å². The van der Waals surface area contributed by atoms with Crippen molar-refractivity contribution >= 4 is 5.91 Å². The standard InChI is InChI=1S/C42H75NO13/c1-3-5-7-9-11-13-15-17-19-21-23-25-31(46)30(43-34(47)26-24-22-20-18-16-14-12-10-8-6-4-2)29-53-41-39(52)37(50)40(33(28-45)55-41)56-42-38(51)36(49)35(48)32(27-44)54-42/h7,9,15,17,23,25,30-33,35-42,44-46,48-52H,3-6,8,10-14,16,18-22,24,26-29H2,1-2H3,(H,43,47)/b9-7+,17-15+,25-23+. The average Bonchev–Trinajstić information content (AvgIpc) is 3.19. The van der Waals surface area contributed by atoms with Crippen LogP contribution < -0.4 is 5.32 Å². The van der Waals surface area contributed by atoms with E-state index < -0.39 is 86.8 Å². The maximum Gasteiger partial charge on any atom is 0.220 e. The van der Waals surface area contributed by atoms with Gasteiger partial charge in [-0.2, -0.15) is 0 Å². The molecule has 0 radical (unpaired) electrons. The Morgan fingerprint density at radius 2 is 1.14 bits per heavy atom. The summed E-state index contributed by atoms with van der Waals surface area (Å²) in [6, 6.07) is -0.930. The molecule has 14 heteroatoms. The van der Waals surface area contributed by atoms with E-state index in [9.17, 15) is 45.6 Å². The quantitative estimate of drug-likeness (QED) is 0.0376. The highest BCUT2D eigenvalue weighted by atomic mass is 16.7. The number of aliphatic hydroxyl groups excluding tert-OH is 8. The molecular formula is C42H75NO13. The zero-order valence-corrected chi connectivity index (χ0v) is 33.9. The molecule has 0 aromatic rings. The van der Waals surface area contributed by atoms with E-state index in [1.165, 1.54) is 44.9 Å². The molecule has 0 aliphatic carbocycles. The number of hydrogen-bond donors (Lipinski definition) is 9. The second-order valence-electron chi connectivity index (χ2n) is 15.1. The Morgan fingerprint density at radius 1 is 0.625 bits per heavy atom. The van der Waals surface area contributed by atoms with Gasteiger partial charge in [0.05, 0.1) is 32.0 Å². The van der Waals surface area contributed by atoms with Gasteiger partial charge in [0.25, 0.3) is 0 Å². The molecule has 56 heavy (non-hydrogen) atoms. The lowest BCUT2D eigenvalue weighted by Crippen LogP contribution is -2.65. The van der Waals surface area contributed by atoms with Gasteiger partial charge in [0, 0.05) is 6.42 Å². The van der Waals surface area contributed by atoms with Crippen molar-refractivity contribution in [2.24, 2.45) is 0 Å². The molecule has 9 N–H and O–H groups in total. The van der Waals surface area contributed by atoms with E-state index in [1.807, 2.05) is 6.08 Å². The minimum Gasteiger partial charge on any atom is -0.394 e. The number of ether oxygens (including phenoxy) is 4. The van der Waals surface area contributed by atoms with Crippen molar-refractivity contribution < 1.29 is 64.6 Å². The van der Waals surface area contributed by atoms with Gasteiger partial charge < -0.3 is 65.1 Å². The summed E-state index contributed by atoms with van der Waals surface area (Å²) in [5.41, 5.74) is 0. The molecule has 2 heterocycles. The first kappa shape index (κ1) is 50.4. The first-order valence-electron chi connectivity index (χ1n) is 21.2. The molecule has 2 aliphatic rings. The van der Waals surface area contributed by atoms with Crippen molar-refractivity contribution in [1.82, 2.24) is 5.32 Å². The highest BCUT2D eigenvalue weighted by Crippen LogP contribution is 2.29. The molecule has 0 spiro atoms. The van der Waals surface area contributed by atoms with Crippen LogP contribution in [0, 0.1) is 0 Å². The molecule has 2 rings (SSSR count). The fourth-order valence-electron chi connectivity index (χ4n) is 6.74. The highest BCUT2D eigenvalue weighted by molar-refractivity contribution is 5.76. The second kappa shape index (κ2) is 30.3. The molecule has 0 aromatic heterocycles. The molecule has 2 aliphatic heterocycles. The molecule has 326 valence electrons. The Kier molecular flexibility index (Phi) is 27.2. The van der Waals surface area contributed by atoms with E-state index in [0.717, 1.165) is 51.4 Å². The zero-order chi connectivity index (χ0) is 41.1. The zero-order valence-electron chi connectivity index (χ0n) is 33.9. The third-order valence-electron chi connectivity index (χ3n) is 10.3. The van der Waals surface area contributed by atoms with Gasteiger partial charge in [-0.3, -0.25) is 4.79 Å². The summed E-state index contributed by atoms with van der Waals surface area (Å²) in [5, 5.41) is 86.1. The lowest BCUT2D eigenvalue weighted by molar-refractivity contribution is -0.359. The molecule has 1 amide bonds. The molecule has 2 fully saturated rings. The van der Waals surface area contributed by atoms with Gasteiger partial charge >= 0.3 is 0 Å². The maximum atomic E-state index is 13.0. The lowest BCUT2D eigenvalue weighted by Gasteiger charge is -2.46. The Bertz CT molecular complexity index is 1090. The maximum absolute atomic E-state index is 13.0. The van der Waals surface area contributed by atoms with Crippen LogP contribution in [0.1, 0.15) is 129 Å². The van der Waals surface area contributed by atoms with Gasteiger partial charge in [-0.15, -0.1) is 0 Å². The summed E-state index contributed by atoms with van der Waals surface area (Å²) in [6.45, 7) is 2.63. The predicted octanol–water partition coefficient (Wildman–Crippen LogP) is 3.20. The largest absolute Gasteiger partial charge is 0.394 e. The monoisotopic (exact) mass is 802 g/mol. The highest BCUT2D eigenvalue weighted by Gasteiger charge is 2.50. The van der Waals surface area contributed by atoms with Gasteiger partial charge in [-0.1, -0.05) is 121 Å².